The van der Waals surface area contributed by atoms with Crippen LogP contribution in [0.4, 0.5) is 18.9 Å². The molecule has 1 amide bonds. The number of alkyl halides is 3. The minimum atomic E-state index is -4.60. The Morgan fingerprint density at radius 3 is 2.71 bits per heavy atom. The summed E-state index contributed by atoms with van der Waals surface area (Å²) < 4.78 is 43.8. The Morgan fingerprint density at radius 1 is 1.42 bits per heavy atom. The van der Waals surface area contributed by atoms with E-state index in [0.29, 0.717) is 16.5 Å². The third kappa shape index (κ3) is 4.32. The molecule has 1 aromatic heterocycles. The zero-order valence-corrected chi connectivity index (χ0v) is 14.1. The minimum Gasteiger partial charge on any atom is -0.495 e. The number of hydrogen-bond donors (Lipinski definition) is 1. The maximum Gasteiger partial charge on any atom is 0.451 e. The number of halogens is 4. The summed E-state index contributed by atoms with van der Waals surface area (Å²) in [6.45, 7) is 0. The van der Waals surface area contributed by atoms with Crippen molar-refractivity contribution < 1.29 is 22.7 Å². The lowest BCUT2D eigenvalue weighted by atomic mass is 10.3. The first-order valence-corrected chi connectivity index (χ1v) is 7.81. The predicted molar refractivity (Wildman–Crippen MR) is 83.4 cm³/mol. The average Bonchev–Trinajstić information content (AvgIpc) is 2.86. The van der Waals surface area contributed by atoms with Crippen LogP contribution in [0.2, 0.25) is 5.02 Å². The smallest absolute Gasteiger partial charge is 0.451 e. The molecule has 24 heavy (non-hydrogen) atoms. The van der Waals surface area contributed by atoms with E-state index in [2.05, 4.69) is 15.5 Å². The molecule has 0 aliphatic carbocycles. The predicted octanol–water partition coefficient (Wildman–Crippen LogP) is 3.23. The Balaban J connectivity index is 2.02. The van der Waals surface area contributed by atoms with Crippen LogP contribution < -0.4 is 10.1 Å². The molecule has 0 saturated heterocycles. The number of carbonyl (C=O) groups excluding carboxylic acids is 1. The van der Waals surface area contributed by atoms with Crippen LogP contribution in [0.15, 0.2) is 23.4 Å². The highest BCUT2D eigenvalue weighted by Crippen LogP contribution is 2.30. The fraction of sp³-hybridized carbons (Fsp3) is 0.308. The Labute approximate surface area is 144 Å². The highest BCUT2D eigenvalue weighted by atomic mass is 35.5. The summed E-state index contributed by atoms with van der Waals surface area (Å²) in [5, 5.41) is 9.49. The molecule has 0 spiro atoms. The molecule has 2 aromatic rings. The number of rotatable bonds is 5. The number of methoxy groups -OCH3 is 1. The van der Waals surface area contributed by atoms with Gasteiger partial charge >= 0.3 is 6.18 Å². The number of anilines is 1. The van der Waals surface area contributed by atoms with Gasteiger partial charge in [0.15, 0.2) is 5.16 Å². The highest BCUT2D eigenvalue weighted by molar-refractivity contribution is 7.99. The molecule has 130 valence electrons. The van der Waals surface area contributed by atoms with Gasteiger partial charge in [0, 0.05) is 12.1 Å². The van der Waals surface area contributed by atoms with Gasteiger partial charge in [-0.2, -0.15) is 13.2 Å². The first kappa shape index (κ1) is 18.4. The molecule has 1 aromatic carbocycles. The second-order valence-corrected chi connectivity index (χ2v) is 5.92. The molecule has 0 unspecified atom stereocenters. The Bertz CT molecular complexity index is 751. The second kappa shape index (κ2) is 7.31. The van der Waals surface area contributed by atoms with E-state index in [0.717, 1.165) is 16.3 Å². The highest BCUT2D eigenvalue weighted by Gasteiger charge is 2.37. The molecule has 1 heterocycles. The minimum absolute atomic E-state index is 0.0180. The SMILES string of the molecule is COc1ccc(Cl)cc1NC(=O)CSc1nnc(C(F)(F)F)n1C. The Morgan fingerprint density at radius 2 is 2.12 bits per heavy atom. The van der Waals surface area contributed by atoms with Crippen LogP contribution in [0, 0.1) is 0 Å². The fourth-order valence-corrected chi connectivity index (χ4v) is 2.66. The van der Waals surface area contributed by atoms with Crippen LogP contribution in [-0.4, -0.2) is 33.5 Å². The lowest BCUT2D eigenvalue weighted by Gasteiger charge is -2.10. The van der Waals surface area contributed by atoms with Crippen molar-refractivity contribution in [3.63, 3.8) is 0 Å². The molecule has 11 heteroatoms. The molecule has 0 fully saturated rings. The number of hydrogen-bond acceptors (Lipinski definition) is 5. The summed E-state index contributed by atoms with van der Waals surface area (Å²) in [6.07, 6.45) is -4.60. The number of amides is 1. The normalized spacial score (nSPS) is 11.4. The first-order chi connectivity index (χ1) is 11.2. The quantitative estimate of drug-likeness (QED) is 0.806. The van der Waals surface area contributed by atoms with E-state index in [1.165, 1.54) is 20.2 Å². The van der Waals surface area contributed by atoms with Crippen LogP contribution in [0.25, 0.3) is 0 Å². The van der Waals surface area contributed by atoms with E-state index in [4.69, 9.17) is 16.3 Å². The lowest BCUT2D eigenvalue weighted by molar-refractivity contribution is -0.147. The van der Waals surface area contributed by atoms with Gasteiger partial charge < -0.3 is 14.6 Å². The largest absolute Gasteiger partial charge is 0.495 e. The van der Waals surface area contributed by atoms with Gasteiger partial charge in [-0.05, 0) is 18.2 Å². The standard InChI is InChI=1S/C13H12ClF3N4O2S/c1-21-11(13(15,16)17)19-20-12(21)24-6-10(22)18-8-5-7(14)3-4-9(8)23-2/h3-5H,6H2,1-2H3,(H,18,22). The van der Waals surface area contributed by atoms with Gasteiger partial charge in [-0.25, -0.2) is 0 Å². The molecule has 1 N–H and O–H groups in total. The third-order valence-corrected chi connectivity index (χ3v) is 4.11. The first-order valence-electron chi connectivity index (χ1n) is 6.45. The number of nitrogens with one attached hydrogen (secondary N) is 1. The Kier molecular flexibility index (Phi) is 5.60. The summed E-state index contributed by atoms with van der Waals surface area (Å²) in [6, 6.07) is 4.69. The van der Waals surface area contributed by atoms with E-state index < -0.39 is 17.9 Å². The number of nitrogens with zero attached hydrogens (tertiary/aromatic N) is 3. The average molecular weight is 381 g/mol. The zero-order valence-electron chi connectivity index (χ0n) is 12.5. The van der Waals surface area contributed by atoms with E-state index in [9.17, 15) is 18.0 Å². The summed E-state index contributed by atoms with van der Waals surface area (Å²) >= 11 is 6.69. The molecule has 2 rings (SSSR count). The molecule has 0 bridgehead atoms. The van der Waals surface area contributed by atoms with E-state index in [1.54, 1.807) is 12.1 Å². The maximum absolute atomic E-state index is 12.6. The zero-order chi connectivity index (χ0) is 17.9. The van der Waals surface area contributed by atoms with Crippen molar-refractivity contribution in [3.8, 4) is 5.75 Å². The topological polar surface area (TPSA) is 69.0 Å². The van der Waals surface area contributed by atoms with Crippen molar-refractivity contribution in [2.24, 2.45) is 7.05 Å². The molecule has 0 saturated carbocycles. The molecule has 6 nitrogen and oxygen atoms in total. The number of thioether (sulfide) groups is 1. The van der Waals surface area contributed by atoms with Gasteiger partial charge in [0.2, 0.25) is 11.7 Å². The van der Waals surface area contributed by atoms with Gasteiger partial charge in [-0.1, -0.05) is 23.4 Å². The second-order valence-electron chi connectivity index (χ2n) is 4.54. The monoisotopic (exact) mass is 380 g/mol. The van der Waals surface area contributed by atoms with E-state index in [-0.39, 0.29) is 10.9 Å². The lowest BCUT2D eigenvalue weighted by Crippen LogP contribution is -2.16. The van der Waals surface area contributed by atoms with Gasteiger partial charge in [0.25, 0.3) is 0 Å². The van der Waals surface area contributed by atoms with Crippen LogP contribution in [0.5, 0.6) is 5.75 Å². The van der Waals surface area contributed by atoms with Crippen LogP contribution in [0.3, 0.4) is 0 Å². The van der Waals surface area contributed by atoms with Crippen molar-refractivity contribution in [1.82, 2.24) is 14.8 Å². The summed E-state index contributed by atoms with van der Waals surface area (Å²) in [7, 11) is 2.62. The Hall–Kier alpha value is -1.94. The van der Waals surface area contributed by atoms with Gasteiger partial charge in [0.1, 0.15) is 5.75 Å². The van der Waals surface area contributed by atoms with Crippen molar-refractivity contribution in [1.29, 1.82) is 0 Å². The van der Waals surface area contributed by atoms with Gasteiger partial charge in [0.05, 0.1) is 18.6 Å². The summed E-state index contributed by atoms with van der Waals surface area (Å²) in [4.78, 5) is 12.0. The number of carbonyl (C=O) groups is 1. The molecule has 0 aliphatic rings. The van der Waals surface area contributed by atoms with Crippen molar-refractivity contribution in [2.75, 3.05) is 18.2 Å². The van der Waals surface area contributed by atoms with Crippen LogP contribution >= 0.6 is 23.4 Å². The molecular weight excluding hydrogens is 369 g/mol. The number of benzene rings is 1. The van der Waals surface area contributed by atoms with Gasteiger partial charge in [-0.3, -0.25) is 4.79 Å². The number of ether oxygens (including phenoxy) is 1. The third-order valence-electron chi connectivity index (χ3n) is 2.86. The maximum atomic E-state index is 12.6. The summed E-state index contributed by atoms with van der Waals surface area (Å²) in [5.41, 5.74) is 0.365. The van der Waals surface area contributed by atoms with Crippen LogP contribution in [-0.2, 0) is 18.0 Å². The fourth-order valence-electron chi connectivity index (χ4n) is 1.78. The van der Waals surface area contributed by atoms with Gasteiger partial charge in [-0.15, -0.1) is 10.2 Å². The molecule has 0 aliphatic heterocycles. The van der Waals surface area contributed by atoms with Crippen molar-refractivity contribution in [3.05, 3.63) is 29.0 Å². The molecular formula is C13H12ClF3N4O2S. The van der Waals surface area contributed by atoms with E-state index >= 15 is 0 Å². The van der Waals surface area contributed by atoms with Crippen LogP contribution in [0.1, 0.15) is 5.82 Å². The van der Waals surface area contributed by atoms with Crippen molar-refractivity contribution in [2.45, 2.75) is 11.3 Å². The molecule has 0 atom stereocenters. The molecule has 0 radical (unpaired) electrons. The van der Waals surface area contributed by atoms with E-state index in [1.807, 2.05) is 0 Å². The van der Waals surface area contributed by atoms with Crippen molar-refractivity contribution >= 4 is 35.0 Å². The summed E-state index contributed by atoms with van der Waals surface area (Å²) in [5.74, 6) is -1.31. The number of aromatic nitrogens is 3.